The molecular formula is C32H56N2O. The number of rotatable bonds is 22. The summed E-state index contributed by atoms with van der Waals surface area (Å²) in [5.74, 6) is 1.01. The Morgan fingerprint density at radius 1 is 0.686 bits per heavy atom. The molecule has 0 atom stereocenters. The first-order valence-corrected chi connectivity index (χ1v) is 15.1. The van der Waals surface area contributed by atoms with Crippen molar-refractivity contribution in [1.29, 1.82) is 0 Å². The smallest absolute Gasteiger partial charge is 0.119 e. The molecule has 1 heterocycles. The van der Waals surface area contributed by atoms with E-state index in [4.69, 9.17) is 4.74 Å². The van der Waals surface area contributed by atoms with Crippen molar-refractivity contribution in [2.24, 2.45) is 0 Å². The molecule has 2 rings (SSSR count). The summed E-state index contributed by atoms with van der Waals surface area (Å²) in [4.78, 5) is 5.20. The molecule has 0 N–H and O–H groups in total. The van der Waals surface area contributed by atoms with E-state index in [9.17, 15) is 0 Å². The van der Waals surface area contributed by atoms with Crippen LogP contribution in [0.4, 0.5) is 5.69 Å². The summed E-state index contributed by atoms with van der Waals surface area (Å²) in [5.41, 5.74) is 1.34. The standard InChI is InChI=1S/C32H56N2O/c1-3-5-7-9-11-13-14-15-17-19-25-33-26-28-34(29-27-33)31-21-23-32(24-22-31)35-30-20-18-16-12-10-8-6-4-2/h4,21-24H,2-3,5-20,25-30H2,1H3. The first-order valence-electron chi connectivity index (χ1n) is 15.1. The van der Waals surface area contributed by atoms with Gasteiger partial charge in [-0.25, -0.2) is 0 Å². The molecule has 0 unspecified atom stereocenters. The fourth-order valence-electron chi connectivity index (χ4n) is 5.09. The molecule has 1 aliphatic rings. The van der Waals surface area contributed by atoms with Gasteiger partial charge in [-0.15, -0.1) is 6.58 Å². The van der Waals surface area contributed by atoms with Gasteiger partial charge in [0.15, 0.2) is 0 Å². The molecule has 1 aromatic carbocycles. The van der Waals surface area contributed by atoms with E-state index in [0.29, 0.717) is 0 Å². The van der Waals surface area contributed by atoms with E-state index in [1.165, 1.54) is 122 Å². The second-order valence-electron chi connectivity index (χ2n) is 10.6. The number of hydrogen-bond acceptors (Lipinski definition) is 3. The molecule has 0 amide bonds. The van der Waals surface area contributed by atoms with Crippen molar-refractivity contribution in [3.63, 3.8) is 0 Å². The van der Waals surface area contributed by atoms with E-state index < -0.39 is 0 Å². The molecule has 1 saturated heterocycles. The Morgan fingerprint density at radius 2 is 1.23 bits per heavy atom. The molecule has 3 heteroatoms. The van der Waals surface area contributed by atoms with Gasteiger partial charge in [0.25, 0.3) is 0 Å². The molecule has 0 aliphatic carbocycles. The molecule has 3 nitrogen and oxygen atoms in total. The average Bonchev–Trinajstić information content (AvgIpc) is 2.89. The Balaban J connectivity index is 1.46. The van der Waals surface area contributed by atoms with Crippen molar-refractivity contribution in [3.8, 4) is 5.75 Å². The van der Waals surface area contributed by atoms with Crippen LogP contribution in [0.2, 0.25) is 0 Å². The summed E-state index contributed by atoms with van der Waals surface area (Å²) < 4.78 is 5.97. The maximum absolute atomic E-state index is 5.97. The molecule has 200 valence electrons. The first-order chi connectivity index (χ1) is 17.3. The summed E-state index contributed by atoms with van der Waals surface area (Å²) in [6.45, 7) is 12.9. The minimum absolute atomic E-state index is 0.837. The molecule has 0 radical (unpaired) electrons. The van der Waals surface area contributed by atoms with Gasteiger partial charge in [-0.3, -0.25) is 4.90 Å². The third-order valence-electron chi connectivity index (χ3n) is 7.47. The molecule has 35 heavy (non-hydrogen) atoms. The quantitative estimate of drug-likeness (QED) is 0.121. The largest absolute Gasteiger partial charge is 0.494 e. The van der Waals surface area contributed by atoms with Crippen molar-refractivity contribution in [3.05, 3.63) is 36.9 Å². The highest BCUT2D eigenvalue weighted by atomic mass is 16.5. The molecule has 0 aromatic heterocycles. The molecule has 1 aromatic rings. The topological polar surface area (TPSA) is 15.7 Å². The van der Waals surface area contributed by atoms with Gasteiger partial charge in [-0.05, 0) is 56.5 Å². The molecule has 0 spiro atoms. The van der Waals surface area contributed by atoms with Crippen LogP contribution in [0.5, 0.6) is 5.75 Å². The number of allylic oxidation sites excluding steroid dienone is 1. The fourth-order valence-corrected chi connectivity index (χ4v) is 5.09. The first kappa shape index (κ1) is 29.7. The van der Waals surface area contributed by atoms with Crippen LogP contribution in [0.25, 0.3) is 0 Å². The van der Waals surface area contributed by atoms with Crippen LogP contribution in [0.1, 0.15) is 116 Å². The zero-order valence-electron chi connectivity index (χ0n) is 23.2. The second-order valence-corrected chi connectivity index (χ2v) is 10.6. The summed E-state index contributed by atoms with van der Waals surface area (Å²) in [6.07, 6.45) is 25.1. The third kappa shape index (κ3) is 14.6. The number of unbranched alkanes of at least 4 members (excludes halogenated alkanes) is 15. The maximum atomic E-state index is 5.97. The lowest BCUT2D eigenvalue weighted by Crippen LogP contribution is -2.46. The lowest BCUT2D eigenvalue weighted by atomic mass is 10.1. The molecule has 0 bridgehead atoms. The average molecular weight is 485 g/mol. The van der Waals surface area contributed by atoms with E-state index in [-0.39, 0.29) is 0 Å². The number of ether oxygens (including phenoxy) is 1. The van der Waals surface area contributed by atoms with Crippen molar-refractivity contribution < 1.29 is 4.74 Å². The predicted molar refractivity (Wildman–Crippen MR) is 155 cm³/mol. The van der Waals surface area contributed by atoms with Gasteiger partial charge in [-0.2, -0.15) is 0 Å². The van der Waals surface area contributed by atoms with E-state index in [1.54, 1.807) is 0 Å². The zero-order chi connectivity index (χ0) is 24.8. The molecule has 1 aliphatic heterocycles. The van der Waals surface area contributed by atoms with E-state index >= 15 is 0 Å². The summed E-state index contributed by atoms with van der Waals surface area (Å²) >= 11 is 0. The van der Waals surface area contributed by atoms with Gasteiger partial charge >= 0.3 is 0 Å². The predicted octanol–water partition coefficient (Wildman–Crippen LogP) is 9.03. The van der Waals surface area contributed by atoms with Gasteiger partial charge < -0.3 is 9.64 Å². The van der Waals surface area contributed by atoms with Crippen LogP contribution in [0, 0.1) is 0 Å². The maximum Gasteiger partial charge on any atom is 0.119 e. The molecule has 1 fully saturated rings. The highest BCUT2D eigenvalue weighted by Gasteiger charge is 2.16. The lowest BCUT2D eigenvalue weighted by Gasteiger charge is -2.36. The van der Waals surface area contributed by atoms with Gasteiger partial charge in [0.05, 0.1) is 6.61 Å². The van der Waals surface area contributed by atoms with Gasteiger partial charge in [0, 0.05) is 31.9 Å². The van der Waals surface area contributed by atoms with Crippen LogP contribution in [0.3, 0.4) is 0 Å². The monoisotopic (exact) mass is 484 g/mol. The highest BCUT2D eigenvalue weighted by molar-refractivity contribution is 5.49. The van der Waals surface area contributed by atoms with Crippen LogP contribution in [0.15, 0.2) is 36.9 Å². The Kier molecular flexibility index (Phi) is 17.6. The van der Waals surface area contributed by atoms with Gasteiger partial charge in [0.1, 0.15) is 5.75 Å². The lowest BCUT2D eigenvalue weighted by molar-refractivity contribution is 0.252. The number of hydrogen-bond donors (Lipinski definition) is 0. The highest BCUT2D eigenvalue weighted by Crippen LogP contribution is 2.21. The minimum atomic E-state index is 0.837. The Hall–Kier alpha value is -1.48. The van der Waals surface area contributed by atoms with Crippen molar-refractivity contribution in [1.82, 2.24) is 4.90 Å². The van der Waals surface area contributed by atoms with E-state index in [2.05, 4.69) is 47.6 Å². The minimum Gasteiger partial charge on any atom is -0.494 e. The van der Waals surface area contributed by atoms with Crippen LogP contribution in [-0.2, 0) is 0 Å². The second kappa shape index (κ2) is 20.7. The Labute approximate surface area is 218 Å². The summed E-state index contributed by atoms with van der Waals surface area (Å²) in [7, 11) is 0. The summed E-state index contributed by atoms with van der Waals surface area (Å²) in [6, 6.07) is 8.79. The fraction of sp³-hybridized carbons (Fsp3) is 0.750. The van der Waals surface area contributed by atoms with E-state index in [0.717, 1.165) is 38.3 Å². The van der Waals surface area contributed by atoms with Crippen molar-refractivity contribution in [2.45, 2.75) is 116 Å². The van der Waals surface area contributed by atoms with E-state index in [1.807, 2.05) is 6.08 Å². The number of benzene rings is 1. The van der Waals surface area contributed by atoms with Crippen LogP contribution >= 0.6 is 0 Å². The van der Waals surface area contributed by atoms with Crippen LogP contribution < -0.4 is 9.64 Å². The number of piperazine rings is 1. The van der Waals surface area contributed by atoms with Gasteiger partial charge in [-0.1, -0.05) is 96.5 Å². The Bertz CT molecular complexity index is 606. The Morgan fingerprint density at radius 3 is 1.83 bits per heavy atom. The molecule has 0 saturated carbocycles. The van der Waals surface area contributed by atoms with Gasteiger partial charge in [0.2, 0.25) is 0 Å². The number of nitrogens with zero attached hydrogens (tertiary/aromatic N) is 2. The normalized spacial score (nSPS) is 14.4. The zero-order valence-corrected chi connectivity index (χ0v) is 23.2. The molecular weight excluding hydrogens is 428 g/mol. The SMILES string of the molecule is C=CCCCCCCCCOc1ccc(N2CCN(CCCCCCCCCCCC)CC2)cc1. The number of anilines is 1. The van der Waals surface area contributed by atoms with Crippen molar-refractivity contribution in [2.75, 3.05) is 44.2 Å². The summed E-state index contributed by atoms with van der Waals surface area (Å²) in [5, 5.41) is 0. The third-order valence-corrected chi connectivity index (χ3v) is 7.47. The van der Waals surface area contributed by atoms with Crippen molar-refractivity contribution >= 4 is 5.69 Å². The van der Waals surface area contributed by atoms with Crippen LogP contribution in [-0.4, -0.2) is 44.2 Å².